The molecule has 0 unspecified atom stereocenters. The quantitative estimate of drug-likeness (QED) is 0.710. The van der Waals surface area contributed by atoms with Gasteiger partial charge in [0.2, 0.25) is 0 Å². The molecular weight excluding hydrogens is 204 g/mol. The van der Waals surface area contributed by atoms with Gasteiger partial charge in [-0.25, -0.2) is 4.79 Å². The summed E-state index contributed by atoms with van der Waals surface area (Å²) < 4.78 is 30.2. The van der Waals surface area contributed by atoms with Crippen LogP contribution in [0.4, 0.5) is 8.78 Å². The molecule has 0 aliphatic carbocycles. The van der Waals surface area contributed by atoms with Crippen molar-refractivity contribution in [3.63, 3.8) is 0 Å². The molecule has 0 fully saturated rings. The normalized spacial score (nSPS) is 11.3. The summed E-state index contributed by atoms with van der Waals surface area (Å²) in [5, 5.41) is 0. The van der Waals surface area contributed by atoms with Crippen molar-refractivity contribution in [1.82, 2.24) is 4.98 Å². The Labute approximate surface area is 86.1 Å². The maximum absolute atomic E-state index is 12.9. The van der Waals surface area contributed by atoms with E-state index in [2.05, 4.69) is 9.72 Å². The number of hydrogen-bond donors (Lipinski definition) is 0. The number of hydrogen-bond acceptors (Lipinski definition) is 3. The first-order chi connectivity index (χ1) is 6.86. The van der Waals surface area contributed by atoms with Crippen molar-refractivity contribution in [2.45, 2.75) is 19.8 Å². The molecule has 1 rings (SSSR count). The van der Waals surface area contributed by atoms with Gasteiger partial charge in [0.15, 0.2) is 0 Å². The standard InChI is InChI=1S/C10H11F2NO2/c1-6-4-8(10(2,11)12)13-5-7(6)9(14)15-3/h4-5H,1-3H3. The summed E-state index contributed by atoms with van der Waals surface area (Å²) in [5.41, 5.74) is 0.270. The number of carbonyl (C=O) groups is 1. The Bertz CT molecular complexity index is 385. The van der Waals surface area contributed by atoms with E-state index in [9.17, 15) is 13.6 Å². The molecule has 0 aromatic carbocycles. The van der Waals surface area contributed by atoms with Crippen LogP contribution in [0, 0.1) is 6.92 Å². The first kappa shape index (κ1) is 11.6. The smallest absolute Gasteiger partial charge is 0.339 e. The molecule has 1 heterocycles. The van der Waals surface area contributed by atoms with Crippen molar-refractivity contribution < 1.29 is 18.3 Å². The van der Waals surface area contributed by atoms with Crippen molar-refractivity contribution in [1.29, 1.82) is 0 Å². The second-order valence-electron chi connectivity index (χ2n) is 3.26. The lowest BCUT2D eigenvalue weighted by Crippen LogP contribution is -2.12. The minimum absolute atomic E-state index is 0.200. The summed E-state index contributed by atoms with van der Waals surface area (Å²) in [6, 6.07) is 1.19. The zero-order valence-corrected chi connectivity index (χ0v) is 8.67. The zero-order chi connectivity index (χ0) is 11.6. The predicted molar refractivity (Wildman–Crippen MR) is 49.9 cm³/mol. The van der Waals surface area contributed by atoms with Crippen LogP contribution in [0.2, 0.25) is 0 Å². The number of alkyl halides is 2. The molecule has 3 nitrogen and oxygen atoms in total. The fourth-order valence-electron chi connectivity index (χ4n) is 1.12. The highest BCUT2D eigenvalue weighted by atomic mass is 19.3. The largest absolute Gasteiger partial charge is 0.465 e. The maximum Gasteiger partial charge on any atom is 0.339 e. The number of aromatic nitrogens is 1. The Morgan fingerprint density at radius 2 is 2.13 bits per heavy atom. The van der Waals surface area contributed by atoms with Crippen LogP contribution in [0.3, 0.4) is 0 Å². The van der Waals surface area contributed by atoms with Crippen molar-refractivity contribution in [3.8, 4) is 0 Å². The molecular formula is C10H11F2NO2. The summed E-state index contributed by atoms with van der Waals surface area (Å²) in [4.78, 5) is 14.7. The van der Waals surface area contributed by atoms with Gasteiger partial charge in [-0.1, -0.05) is 0 Å². The van der Waals surface area contributed by atoms with Crippen LogP contribution in [-0.4, -0.2) is 18.1 Å². The summed E-state index contributed by atoms with van der Waals surface area (Å²) >= 11 is 0. The van der Waals surface area contributed by atoms with E-state index < -0.39 is 11.9 Å². The lowest BCUT2D eigenvalue weighted by Gasteiger charge is -2.11. The van der Waals surface area contributed by atoms with Gasteiger partial charge in [0.05, 0.1) is 12.7 Å². The minimum Gasteiger partial charge on any atom is -0.465 e. The van der Waals surface area contributed by atoms with Gasteiger partial charge in [-0.15, -0.1) is 0 Å². The Balaban J connectivity index is 3.15. The van der Waals surface area contributed by atoms with Crippen LogP contribution in [0.1, 0.15) is 28.5 Å². The fourth-order valence-corrected chi connectivity index (χ4v) is 1.12. The van der Waals surface area contributed by atoms with E-state index in [1.807, 2.05) is 0 Å². The molecule has 0 radical (unpaired) electrons. The van der Waals surface area contributed by atoms with E-state index in [0.29, 0.717) is 5.56 Å². The third-order valence-corrected chi connectivity index (χ3v) is 1.97. The molecule has 0 saturated carbocycles. The molecule has 1 aromatic rings. The second kappa shape index (κ2) is 3.92. The third-order valence-electron chi connectivity index (χ3n) is 1.97. The maximum atomic E-state index is 12.9. The molecule has 15 heavy (non-hydrogen) atoms. The molecule has 5 heteroatoms. The van der Waals surface area contributed by atoms with Crippen LogP contribution in [0.5, 0.6) is 0 Å². The predicted octanol–water partition coefficient (Wildman–Crippen LogP) is 2.29. The van der Waals surface area contributed by atoms with Crippen molar-refractivity contribution in [3.05, 3.63) is 29.1 Å². The monoisotopic (exact) mass is 215 g/mol. The summed E-state index contributed by atoms with van der Waals surface area (Å²) in [6.45, 7) is 2.32. The van der Waals surface area contributed by atoms with Crippen molar-refractivity contribution in [2.24, 2.45) is 0 Å². The molecule has 0 spiro atoms. The lowest BCUT2D eigenvalue weighted by molar-refractivity contribution is 0.0125. The first-order valence-electron chi connectivity index (χ1n) is 4.29. The van der Waals surface area contributed by atoms with E-state index in [1.165, 1.54) is 13.2 Å². The number of rotatable bonds is 2. The summed E-state index contributed by atoms with van der Waals surface area (Å²) in [7, 11) is 1.23. The van der Waals surface area contributed by atoms with Crippen LogP contribution in [0.25, 0.3) is 0 Å². The number of aryl methyl sites for hydroxylation is 1. The van der Waals surface area contributed by atoms with Gasteiger partial charge < -0.3 is 4.74 Å². The van der Waals surface area contributed by atoms with Crippen molar-refractivity contribution in [2.75, 3.05) is 7.11 Å². The molecule has 0 N–H and O–H groups in total. The number of nitrogens with zero attached hydrogens (tertiary/aromatic N) is 1. The van der Waals surface area contributed by atoms with Crippen LogP contribution < -0.4 is 0 Å². The van der Waals surface area contributed by atoms with E-state index in [4.69, 9.17) is 0 Å². The van der Waals surface area contributed by atoms with Crippen LogP contribution >= 0.6 is 0 Å². The molecule has 0 aliphatic heterocycles. The number of methoxy groups -OCH3 is 1. The Hall–Kier alpha value is -1.52. The molecule has 82 valence electrons. The van der Waals surface area contributed by atoms with E-state index in [1.54, 1.807) is 6.92 Å². The number of pyridine rings is 1. The topological polar surface area (TPSA) is 39.2 Å². The number of carbonyl (C=O) groups excluding carboxylic acids is 1. The highest BCUT2D eigenvalue weighted by Gasteiger charge is 2.27. The highest BCUT2D eigenvalue weighted by Crippen LogP contribution is 2.26. The molecule has 1 aromatic heterocycles. The third kappa shape index (κ3) is 2.49. The molecule has 0 atom stereocenters. The fraction of sp³-hybridized carbons (Fsp3) is 0.400. The van der Waals surface area contributed by atoms with Gasteiger partial charge in [0.1, 0.15) is 5.69 Å². The van der Waals surface area contributed by atoms with Gasteiger partial charge in [-0.05, 0) is 18.6 Å². The minimum atomic E-state index is -3.00. The number of esters is 1. The second-order valence-corrected chi connectivity index (χ2v) is 3.26. The van der Waals surface area contributed by atoms with Gasteiger partial charge >= 0.3 is 5.97 Å². The van der Waals surface area contributed by atoms with Gasteiger partial charge in [-0.3, -0.25) is 4.98 Å². The molecule has 0 saturated heterocycles. The summed E-state index contributed by atoms with van der Waals surface area (Å²) in [5.74, 6) is -3.58. The van der Waals surface area contributed by atoms with Crippen LogP contribution in [0.15, 0.2) is 12.3 Å². The van der Waals surface area contributed by atoms with Gasteiger partial charge in [0.25, 0.3) is 5.92 Å². The zero-order valence-electron chi connectivity index (χ0n) is 8.67. The van der Waals surface area contributed by atoms with Crippen LogP contribution in [-0.2, 0) is 10.7 Å². The van der Waals surface area contributed by atoms with E-state index in [-0.39, 0.29) is 11.3 Å². The first-order valence-corrected chi connectivity index (χ1v) is 4.29. The van der Waals surface area contributed by atoms with Gasteiger partial charge in [0, 0.05) is 13.1 Å². The molecule has 0 amide bonds. The Morgan fingerprint density at radius 3 is 2.53 bits per heavy atom. The SMILES string of the molecule is COC(=O)c1cnc(C(C)(F)F)cc1C. The number of halogens is 2. The average molecular weight is 215 g/mol. The Morgan fingerprint density at radius 1 is 1.53 bits per heavy atom. The lowest BCUT2D eigenvalue weighted by atomic mass is 10.1. The molecule has 0 aliphatic rings. The van der Waals surface area contributed by atoms with Gasteiger partial charge in [-0.2, -0.15) is 8.78 Å². The average Bonchev–Trinajstić information content (AvgIpc) is 2.15. The molecule has 0 bridgehead atoms. The highest BCUT2D eigenvalue weighted by molar-refractivity contribution is 5.90. The van der Waals surface area contributed by atoms with E-state index >= 15 is 0 Å². The summed E-state index contributed by atoms with van der Waals surface area (Å²) in [6.07, 6.45) is 1.11. The number of ether oxygens (including phenoxy) is 1. The van der Waals surface area contributed by atoms with E-state index in [0.717, 1.165) is 13.1 Å². The van der Waals surface area contributed by atoms with Crippen molar-refractivity contribution >= 4 is 5.97 Å². The Kier molecular flexibility index (Phi) is 3.02.